The monoisotopic (exact) mass is 300 g/mol. The molecule has 86 valence electrons. The molecule has 3 nitrogen and oxygen atoms in total. The quantitative estimate of drug-likeness (QED) is 0.946. The van der Waals surface area contributed by atoms with Crippen molar-refractivity contribution in [3.8, 4) is 0 Å². The van der Waals surface area contributed by atoms with Crippen molar-refractivity contribution in [1.29, 1.82) is 0 Å². The predicted molar refractivity (Wildman–Crippen MR) is 68.6 cm³/mol. The Balaban J connectivity index is 2.14. The molecule has 0 amide bonds. The lowest BCUT2D eigenvalue weighted by molar-refractivity contribution is 0.178. The van der Waals surface area contributed by atoms with Gasteiger partial charge in [0.25, 0.3) is 0 Å². The van der Waals surface area contributed by atoms with E-state index in [1.165, 1.54) is 4.88 Å². The van der Waals surface area contributed by atoms with Gasteiger partial charge in [-0.2, -0.15) is 5.10 Å². The number of aryl methyl sites for hydroxylation is 1. The zero-order valence-corrected chi connectivity index (χ0v) is 11.5. The molecule has 0 saturated carbocycles. The molecule has 0 saturated heterocycles. The average molecular weight is 301 g/mol. The molecule has 1 unspecified atom stereocenters. The number of thiophene rings is 1. The molecule has 2 aromatic heterocycles. The molecular weight excluding hydrogens is 288 g/mol. The molecule has 1 N–H and O–H groups in total. The summed E-state index contributed by atoms with van der Waals surface area (Å²) < 4.78 is 2.88. The van der Waals surface area contributed by atoms with Crippen LogP contribution in [0.5, 0.6) is 0 Å². The van der Waals surface area contributed by atoms with E-state index in [1.54, 1.807) is 22.2 Å². The summed E-state index contributed by atoms with van der Waals surface area (Å²) in [6, 6.07) is 4.03. The topological polar surface area (TPSA) is 38.1 Å². The van der Waals surface area contributed by atoms with Crippen LogP contribution < -0.4 is 0 Å². The Hall–Kier alpha value is -0.650. The minimum Gasteiger partial charge on any atom is -0.388 e. The van der Waals surface area contributed by atoms with Crippen LogP contribution in [0, 0.1) is 6.92 Å². The van der Waals surface area contributed by atoms with Crippen LogP contribution in [0.3, 0.4) is 0 Å². The first-order valence-electron chi connectivity index (χ1n) is 4.98. The van der Waals surface area contributed by atoms with E-state index in [0.29, 0.717) is 6.42 Å². The summed E-state index contributed by atoms with van der Waals surface area (Å²) in [6.45, 7) is 1.97. The molecule has 2 aromatic rings. The summed E-state index contributed by atoms with van der Waals surface area (Å²) >= 11 is 5.07. The van der Waals surface area contributed by atoms with Crippen LogP contribution in [0.4, 0.5) is 0 Å². The molecule has 0 aliphatic rings. The molecule has 0 aliphatic carbocycles. The van der Waals surface area contributed by atoms with Crippen LogP contribution in [0.2, 0.25) is 0 Å². The summed E-state index contributed by atoms with van der Waals surface area (Å²) in [5.41, 5.74) is 1.93. The minimum atomic E-state index is -0.473. The molecule has 0 spiro atoms. The first kappa shape index (κ1) is 11.8. The number of rotatable bonds is 3. The minimum absolute atomic E-state index is 0.473. The second-order valence-corrected chi connectivity index (χ2v) is 6.28. The smallest absolute Gasteiger partial charge is 0.0871 e. The van der Waals surface area contributed by atoms with Gasteiger partial charge in [-0.15, -0.1) is 11.3 Å². The second kappa shape index (κ2) is 4.69. The lowest BCUT2D eigenvalue weighted by atomic mass is 10.1. The van der Waals surface area contributed by atoms with Crippen LogP contribution in [0.1, 0.15) is 22.2 Å². The molecule has 1 atom stereocenters. The highest BCUT2D eigenvalue weighted by molar-refractivity contribution is 9.11. The number of hydrogen-bond acceptors (Lipinski definition) is 3. The Kier molecular flexibility index (Phi) is 3.47. The fraction of sp³-hybridized carbons (Fsp3) is 0.364. The fourth-order valence-corrected chi connectivity index (χ4v) is 3.12. The highest BCUT2D eigenvalue weighted by Crippen LogP contribution is 2.27. The van der Waals surface area contributed by atoms with E-state index in [-0.39, 0.29) is 0 Å². The van der Waals surface area contributed by atoms with Crippen molar-refractivity contribution in [2.45, 2.75) is 19.4 Å². The van der Waals surface area contributed by atoms with Crippen molar-refractivity contribution in [3.05, 3.63) is 38.3 Å². The van der Waals surface area contributed by atoms with Gasteiger partial charge >= 0.3 is 0 Å². The second-order valence-electron chi connectivity index (χ2n) is 3.73. The molecule has 0 aliphatic heterocycles. The molecule has 2 heterocycles. The summed E-state index contributed by atoms with van der Waals surface area (Å²) in [5, 5.41) is 14.3. The van der Waals surface area contributed by atoms with Gasteiger partial charge in [-0.05, 0) is 35.0 Å². The number of hydrogen-bond donors (Lipinski definition) is 1. The van der Waals surface area contributed by atoms with Gasteiger partial charge in [0.2, 0.25) is 0 Å². The molecule has 5 heteroatoms. The Labute approximate surface area is 107 Å². The molecule has 0 aromatic carbocycles. The standard InChI is InChI=1S/C11H13BrN2OS/c1-7-9(6-13-14(7)2)10(15)5-8-3-4-11(12)16-8/h3-4,6,10,15H,5H2,1-2H3. The van der Waals surface area contributed by atoms with Gasteiger partial charge in [0, 0.05) is 29.6 Å². The van der Waals surface area contributed by atoms with Gasteiger partial charge in [0.1, 0.15) is 0 Å². The van der Waals surface area contributed by atoms with Gasteiger partial charge in [0.05, 0.1) is 16.1 Å². The maximum absolute atomic E-state index is 10.1. The Morgan fingerprint density at radius 2 is 2.31 bits per heavy atom. The van der Waals surface area contributed by atoms with Crippen molar-refractivity contribution in [1.82, 2.24) is 9.78 Å². The van der Waals surface area contributed by atoms with Gasteiger partial charge in [-0.25, -0.2) is 0 Å². The van der Waals surface area contributed by atoms with Crippen LogP contribution in [-0.4, -0.2) is 14.9 Å². The third-order valence-corrected chi connectivity index (χ3v) is 4.30. The number of halogens is 1. The Morgan fingerprint density at radius 1 is 1.56 bits per heavy atom. The third kappa shape index (κ3) is 2.36. The highest BCUT2D eigenvalue weighted by Gasteiger charge is 2.15. The summed E-state index contributed by atoms with van der Waals surface area (Å²) in [5.74, 6) is 0. The van der Waals surface area contributed by atoms with Crippen LogP contribution in [-0.2, 0) is 13.5 Å². The van der Waals surface area contributed by atoms with E-state index >= 15 is 0 Å². The van der Waals surface area contributed by atoms with Crippen LogP contribution >= 0.6 is 27.3 Å². The van der Waals surface area contributed by atoms with Crippen molar-refractivity contribution in [2.24, 2.45) is 7.05 Å². The van der Waals surface area contributed by atoms with Crippen LogP contribution in [0.15, 0.2) is 22.1 Å². The summed E-state index contributed by atoms with van der Waals surface area (Å²) in [4.78, 5) is 1.17. The van der Waals surface area contributed by atoms with E-state index in [9.17, 15) is 5.11 Å². The van der Waals surface area contributed by atoms with Crippen molar-refractivity contribution < 1.29 is 5.11 Å². The highest BCUT2D eigenvalue weighted by atomic mass is 79.9. The lowest BCUT2D eigenvalue weighted by Gasteiger charge is -2.08. The first-order chi connectivity index (χ1) is 7.58. The zero-order valence-electron chi connectivity index (χ0n) is 9.14. The number of aliphatic hydroxyl groups excluding tert-OH is 1. The van der Waals surface area contributed by atoms with Gasteiger partial charge in [-0.1, -0.05) is 0 Å². The maximum atomic E-state index is 10.1. The number of aromatic nitrogens is 2. The van der Waals surface area contributed by atoms with E-state index < -0.39 is 6.10 Å². The summed E-state index contributed by atoms with van der Waals surface area (Å²) in [6.07, 6.45) is 1.91. The van der Waals surface area contributed by atoms with Crippen LogP contribution in [0.25, 0.3) is 0 Å². The largest absolute Gasteiger partial charge is 0.388 e. The predicted octanol–water partition coefficient (Wildman–Crippen LogP) is 2.83. The molecular formula is C11H13BrN2OS. The summed E-state index contributed by atoms with van der Waals surface area (Å²) in [7, 11) is 1.88. The fourth-order valence-electron chi connectivity index (χ4n) is 1.60. The van der Waals surface area contributed by atoms with E-state index in [4.69, 9.17) is 0 Å². The average Bonchev–Trinajstić information content (AvgIpc) is 2.76. The molecule has 0 fully saturated rings. The molecule has 2 rings (SSSR count). The third-order valence-electron chi connectivity index (χ3n) is 2.66. The van der Waals surface area contributed by atoms with Gasteiger partial charge in [-0.3, -0.25) is 4.68 Å². The molecule has 0 radical (unpaired) electrons. The SMILES string of the molecule is Cc1c(C(O)Cc2ccc(Br)s2)cnn1C. The number of nitrogens with zero attached hydrogens (tertiary/aromatic N) is 2. The molecule has 0 bridgehead atoms. The van der Waals surface area contributed by atoms with E-state index in [0.717, 1.165) is 15.0 Å². The number of aliphatic hydroxyl groups is 1. The van der Waals surface area contributed by atoms with E-state index in [1.807, 2.05) is 26.1 Å². The molecule has 16 heavy (non-hydrogen) atoms. The van der Waals surface area contributed by atoms with Crippen molar-refractivity contribution in [2.75, 3.05) is 0 Å². The van der Waals surface area contributed by atoms with Crippen molar-refractivity contribution >= 4 is 27.3 Å². The Bertz CT molecular complexity index is 492. The first-order valence-corrected chi connectivity index (χ1v) is 6.59. The van der Waals surface area contributed by atoms with Gasteiger partial charge in [0.15, 0.2) is 0 Å². The normalized spacial score (nSPS) is 13.0. The zero-order chi connectivity index (χ0) is 11.7. The maximum Gasteiger partial charge on any atom is 0.0871 e. The van der Waals surface area contributed by atoms with E-state index in [2.05, 4.69) is 21.0 Å². The van der Waals surface area contributed by atoms with Crippen molar-refractivity contribution in [3.63, 3.8) is 0 Å². The Morgan fingerprint density at radius 3 is 2.81 bits per heavy atom. The van der Waals surface area contributed by atoms with Gasteiger partial charge < -0.3 is 5.11 Å². The lowest BCUT2D eigenvalue weighted by Crippen LogP contribution is -2.02.